The lowest BCUT2D eigenvalue weighted by atomic mass is 10.2. The lowest BCUT2D eigenvalue weighted by Gasteiger charge is -2.17. The molecule has 1 fully saturated rings. The highest BCUT2D eigenvalue weighted by atomic mass is 35.5. The maximum atomic E-state index is 12.2. The van der Waals surface area contributed by atoms with Gasteiger partial charge in [0.15, 0.2) is 5.58 Å². The van der Waals surface area contributed by atoms with Crippen LogP contribution in [-0.4, -0.2) is 29.7 Å². The molecule has 134 valence electrons. The summed E-state index contributed by atoms with van der Waals surface area (Å²) in [6.07, 6.45) is 2.50. The topological polar surface area (TPSA) is 58.4 Å². The van der Waals surface area contributed by atoms with Crippen molar-refractivity contribution in [2.75, 3.05) is 29.1 Å². The van der Waals surface area contributed by atoms with Gasteiger partial charge in [-0.2, -0.15) is 0 Å². The number of hydrogen-bond donors (Lipinski definition) is 1. The van der Waals surface area contributed by atoms with Gasteiger partial charge >= 0.3 is 0 Å². The summed E-state index contributed by atoms with van der Waals surface area (Å²) in [4.78, 5) is 18.9. The van der Waals surface area contributed by atoms with Gasteiger partial charge in [-0.25, -0.2) is 4.98 Å². The van der Waals surface area contributed by atoms with E-state index < -0.39 is 0 Å². The van der Waals surface area contributed by atoms with Gasteiger partial charge in [0.2, 0.25) is 5.91 Å². The molecular weight excluding hydrogens is 370 g/mol. The van der Waals surface area contributed by atoms with E-state index in [1.54, 1.807) is 18.2 Å². The highest BCUT2D eigenvalue weighted by molar-refractivity contribution is 7.99. The van der Waals surface area contributed by atoms with Crippen LogP contribution in [-0.2, 0) is 4.79 Å². The molecule has 0 aliphatic carbocycles. The third-order valence-corrected chi connectivity index (χ3v) is 5.34. The predicted octanol–water partition coefficient (Wildman–Crippen LogP) is 4.81. The molecule has 1 saturated heterocycles. The third-order valence-electron chi connectivity index (χ3n) is 4.28. The zero-order chi connectivity index (χ0) is 17.9. The van der Waals surface area contributed by atoms with Gasteiger partial charge < -0.3 is 14.6 Å². The van der Waals surface area contributed by atoms with Crippen molar-refractivity contribution in [2.45, 2.75) is 18.1 Å². The average molecular weight is 388 g/mol. The van der Waals surface area contributed by atoms with Crippen molar-refractivity contribution in [1.29, 1.82) is 0 Å². The number of anilines is 2. The minimum atomic E-state index is -0.0933. The van der Waals surface area contributed by atoms with Crippen LogP contribution < -0.4 is 10.2 Å². The molecule has 0 unspecified atom stereocenters. The number of rotatable bonds is 5. The second-order valence-corrected chi connectivity index (χ2v) is 7.53. The van der Waals surface area contributed by atoms with Gasteiger partial charge in [0, 0.05) is 35.6 Å². The molecule has 4 rings (SSSR count). The monoisotopic (exact) mass is 387 g/mol. The van der Waals surface area contributed by atoms with Crippen LogP contribution in [0.25, 0.3) is 11.1 Å². The van der Waals surface area contributed by atoms with Crippen molar-refractivity contribution in [3.8, 4) is 0 Å². The summed E-state index contributed by atoms with van der Waals surface area (Å²) in [5.74, 6) is 0.137. The summed E-state index contributed by atoms with van der Waals surface area (Å²) in [7, 11) is 0. The summed E-state index contributed by atoms with van der Waals surface area (Å²) >= 11 is 7.20. The molecule has 7 heteroatoms. The maximum Gasteiger partial charge on any atom is 0.257 e. The predicted molar refractivity (Wildman–Crippen MR) is 106 cm³/mol. The van der Waals surface area contributed by atoms with Crippen LogP contribution in [0.3, 0.4) is 0 Å². The Bertz CT molecular complexity index is 920. The Hall–Kier alpha value is -2.18. The summed E-state index contributed by atoms with van der Waals surface area (Å²) in [5.41, 5.74) is 3.36. The van der Waals surface area contributed by atoms with Gasteiger partial charge in [-0.05, 0) is 49.2 Å². The van der Waals surface area contributed by atoms with Crippen LogP contribution in [0.15, 0.2) is 52.1 Å². The molecular formula is C19H18ClN3O2S. The van der Waals surface area contributed by atoms with Gasteiger partial charge in [-0.3, -0.25) is 4.79 Å². The molecule has 1 aliphatic rings. The zero-order valence-electron chi connectivity index (χ0n) is 14.1. The van der Waals surface area contributed by atoms with Gasteiger partial charge in [0.05, 0.1) is 5.75 Å². The molecule has 1 aromatic heterocycles. The minimum Gasteiger partial charge on any atom is -0.431 e. The minimum absolute atomic E-state index is 0.0933. The lowest BCUT2D eigenvalue weighted by molar-refractivity contribution is -0.113. The first-order chi connectivity index (χ1) is 12.7. The fourth-order valence-corrected chi connectivity index (χ4v) is 3.79. The van der Waals surface area contributed by atoms with E-state index in [2.05, 4.69) is 27.3 Å². The standard InChI is InChI=1S/C19H18ClN3O2S/c20-13-3-8-16-17(11-13)25-19(22-16)26-12-18(24)21-14-4-6-15(7-5-14)23-9-1-2-10-23/h3-8,11H,1-2,9-10,12H2,(H,21,24). The summed E-state index contributed by atoms with van der Waals surface area (Å²) in [6, 6.07) is 13.3. The van der Waals surface area contributed by atoms with Crippen LogP contribution in [0.2, 0.25) is 5.02 Å². The van der Waals surface area contributed by atoms with Crippen molar-refractivity contribution >= 4 is 51.7 Å². The smallest absolute Gasteiger partial charge is 0.257 e. The first kappa shape index (κ1) is 17.2. The average Bonchev–Trinajstić information content (AvgIpc) is 3.30. The van der Waals surface area contributed by atoms with E-state index in [1.807, 2.05) is 12.1 Å². The van der Waals surface area contributed by atoms with E-state index in [1.165, 1.54) is 30.3 Å². The van der Waals surface area contributed by atoms with Crippen LogP contribution in [0.4, 0.5) is 11.4 Å². The van der Waals surface area contributed by atoms with Crippen LogP contribution in [0.5, 0.6) is 0 Å². The summed E-state index contributed by atoms with van der Waals surface area (Å²) in [5, 5.41) is 3.96. The highest BCUT2D eigenvalue weighted by Gasteiger charge is 2.13. The van der Waals surface area contributed by atoms with E-state index in [0.29, 0.717) is 15.8 Å². The molecule has 0 bridgehead atoms. The largest absolute Gasteiger partial charge is 0.431 e. The number of nitrogens with one attached hydrogen (secondary N) is 1. The van der Waals surface area contributed by atoms with Crippen molar-refractivity contribution in [1.82, 2.24) is 4.98 Å². The second-order valence-electron chi connectivity index (χ2n) is 6.17. The number of fused-ring (bicyclic) bond motifs is 1. The molecule has 2 heterocycles. The molecule has 5 nitrogen and oxygen atoms in total. The van der Waals surface area contributed by atoms with Gasteiger partial charge in [-0.15, -0.1) is 0 Å². The number of oxazole rings is 1. The molecule has 3 aromatic rings. The fraction of sp³-hybridized carbons (Fsp3) is 0.263. The summed E-state index contributed by atoms with van der Waals surface area (Å²) < 4.78 is 5.60. The Morgan fingerprint density at radius 2 is 1.96 bits per heavy atom. The first-order valence-electron chi connectivity index (χ1n) is 8.51. The Morgan fingerprint density at radius 3 is 2.73 bits per heavy atom. The quantitative estimate of drug-likeness (QED) is 0.636. The van der Waals surface area contributed by atoms with Crippen molar-refractivity contribution in [3.05, 3.63) is 47.5 Å². The van der Waals surface area contributed by atoms with E-state index >= 15 is 0 Å². The Balaban J connectivity index is 1.33. The number of hydrogen-bond acceptors (Lipinski definition) is 5. The van der Waals surface area contributed by atoms with Gasteiger partial charge in [0.25, 0.3) is 5.22 Å². The molecule has 0 radical (unpaired) electrons. The number of amides is 1. The Morgan fingerprint density at radius 1 is 1.19 bits per heavy atom. The molecule has 2 aromatic carbocycles. The molecule has 0 atom stereocenters. The zero-order valence-corrected chi connectivity index (χ0v) is 15.6. The third kappa shape index (κ3) is 3.97. The fourth-order valence-electron chi connectivity index (χ4n) is 2.99. The number of nitrogens with zero attached hydrogens (tertiary/aromatic N) is 2. The Kier molecular flexibility index (Phi) is 5.04. The molecule has 0 spiro atoms. The lowest BCUT2D eigenvalue weighted by Crippen LogP contribution is -2.18. The highest BCUT2D eigenvalue weighted by Crippen LogP contribution is 2.26. The normalized spacial score (nSPS) is 14.1. The van der Waals surface area contributed by atoms with Crippen LogP contribution in [0, 0.1) is 0 Å². The van der Waals surface area contributed by atoms with Crippen molar-refractivity contribution in [2.24, 2.45) is 0 Å². The molecule has 1 N–H and O–H groups in total. The number of carbonyl (C=O) groups excluding carboxylic acids is 1. The number of thioether (sulfide) groups is 1. The van der Waals surface area contributed by atoms with Crippen molar-refractivity contribution < 1.29 is 9.21 Å². The molecule has 0 saturated carbocycles. The molecule has 26 heavy (non-hydrogen) atoms. The maximum absolute atomic E-state index is 12.2. The van der Waals surface area contributed by atoms with Gasteiger partial charge in [0.1, 0.15) is 5.52 Å². The van der Waals surface area contributed by atoms with E-state index in [9.17, 15) is 4.79 Å². The molecule has 1 amide bonds. The van der Waals surface area contributed by atoms with Crippen molar-refractivity contribution in [3.63, 3.8) is 0 Å². The van der Waals surface area contributed by atoms with Gasteiger partial charge in [-0.1, -0.05) is 23.4 Å². The second kappa shape index (κ2) is 7.60. The van der Waals surface area contributed by atoms with E-state index in [0.717, 1.165) is 24.3 Å². The number of aromatic nitrogens is 1. The number of carbonyl (C=O) groups is 1. The molecule has 1 aliphatic heterocycles. The number of benzene rings is 2. The van der Waals surface area contributed by atoms with Crippen LogP contribution >= 0.6 is 23.4 Å². The Labute approximate surface area is 160 Å². The van der Waals surface area contributed by atoms with Crippen LogP contribution in [0.1, 0.15) is 12.8 Å². The SMILES string of the molecule is O=C(CSc1nc2ccc(Cl)cc2o1)Nc1ccc(N2CCCC2)cc1. The van der Waals surface area contributed by atoms with E-state index in [4.69, 9.17) is 16.0 Å². The first-order valence-corrected chi connectivity index (χ1v) is 9.87. The van der Waals surface area contributed by atoms with E-state index in [-0.39, 0.29) is 11.7 Å². The number of halogens is 1. The summed E-state index contributed by atoms with van der Waals surface area (Å²) in [6.45, 7) is 2.22.